The highest BCUT2D eigenvalue weighted by molar-refractivity contribution is 5.88. The predicted octanol–water partition coefficient (Wildman–Crippen LogP) is 3.98. The van der Waals surface area contributed by atoms with Gasteiger partial charge in [-0.25, -0.2) is 4.79 Å². The van der Waals surface area contributed by atoms with Crippen LogP contribution in [-0.4, -0.2) is 41.7 Å². The van der Waals surface area contributed by atoms with Crippen molar-refractivity contribution in [3.05, 3.63) is 24.1 Å². The molecule has 1 heterocycles. The minimum Gasteiger partial charge on any atom is -0.499 e. The second-order valence-electron chi connectivity index (χ2n) is 8.08. The van der Waals surface area contributed by atoms with Crippen molar-refractivity contribution in [1.82, 2.24) is 10.2 Å². The fourth-order valence-electron chi connectivity index (χ4n) is 2.98. The van der Waals surface area contributed by atoms with Crippen molar-refractivity contribution in [2.75, 3.05) is 7.11 Å². The molecule has 0 aromatic carbocycles. The topological polar surface area (TPSA) is 67.9 Å². The van der Waals surface area contributed by atoms with E-state index in [9.17, 15) is 9.59 Å². The average molecular weight is 367 g/mol. The van der Waals surface area contributed by atoms with Crippen molar-refractivity contribution >= 4 is 12.0 Å². The highest BCUT2D eigenvalue weighted by Gasteiger charge is 2.38. The summed E-state index contributed by atoms with van der Waals surface area (Å²) in [5, 5.41) is 2.72. The van der Waals surface area contributed by atoms with Gasteiger partial charge in [-0.15, -0.1) is 0 Å². The largest absolute Gasteiger partial charge is 0.499 e. The van der Waals surface area contributed by atoms with Crippen molar-refractivity contribution in [2.24, 2.45) is 5.92 Å². The van der Waals surface area contributed by atoms with E-state index in [4.69, 9.17) is 9.47 Å². The van der Waals surface area contributed by atoms with Crippen LogP contribution in [0.3, 0.4) is 0 Å². The lowest BCUT2D eigenvalue weighted by molar-refractivity contribution is -0.133. The van der Waals surface area contributed by atoms with Crippen molar-refractivity contribution in [2.45, 2.75) is 78.5 Å². The number of hydrogen-bond donors (Lipinski definition) is 1. The normalized spacial score (nSPS) is 18.6. The SMILES string of the molecule is C=C1C=C(OC)[C@@H](CC(C)C)N1C(=O)[C@@H](CCC)NC(=O)OC(C)(C)C. The number of carbonyl (C=O) groups is 2. The molecule has 148 valence electrons. The van der Waals surface area contributed by atoms with Gasteiger partial charge in [-0.05, 0) is 39.5 Å². The van der Waals surface area contributed by atoms with Gasteiger partial charge in [0.2, 0.25) is 5.91 Å². The third-order valence-electron chi connectivity index (χ3n) is 3.99. The van der Waals surface area contributed by atoms with Gasteiger partial charge in [0, 0.05) is 11.8 Å². The molecule has 26 heavy (non-hydrogen) atoms. The zero-order valence-electron chi connectivity index (χ0n) is 17.2. The molecule has 1 rings (SSSR count). The van der Waals surface area contributed by atoms with E-state index in [0.29, 0.717) is 18.0 Å². The highest BCUT2D eigenvalue weighted by atomic mass is 16.6. The number of rotatable bonds is 7. The second-order valence-corrected chi connectivity index (χ2v) is 8.08. The minimum absolute atomic E-state index is 0.184. The summed E-state index contributed by atoms with van der Waals surface area (Å²) >= 11 is 0. The molecule has 1 aliphatic rings. The van der Waals surface area contributed by atoms with Gasteiger partial charge >= 0.3 is 6.09 Å². The number of ether oxygens (including phenoxy) is 2. The summed E-state index contributed by atoms with van der Waals surface area (Å²) in [6, 6.07) is -0.856. The van der Waals surface area contributed by atoms with Crippen LogP contribution in [0.15, 0.2) is 24.1 Å². The Bertz CT molecular complexity index is 561. The van der Waals surface area contributed by atoms with Crippen molar-refractivity contribution < 1.29 is 19.1 Å². The number of hydrogen-bond acceptors (Lipinski definition) is 4. The Morgan fingerprint density at radius 1 is 1.35 bits per heavy atom. The molecule has 0 aromatic rings. The van der Waals surface area contributed by atoms with E-state index >= 15 is 0 Å². The van der Waals surface area contributed by atoms with Crippen LogP contribution < -0.4 is 5.32 Å². The van der Waals surface area contributed by atoms with E-state index in [1.54, 1.807) is 38.9 Å². The van der Waals surface area contributed by atoms with Gasteiger partial charge < -0.3 is 19.7 Å². The molecular formula is C20H34N2O4. The zero-order valence-corrected chi connectivity index (χ0v) is 17.2. The first-order valence-corrected chi connectivity index (χ1v) is 9.27. The number of alkyl carbamates (subject to hydrolysis) is 1. The minimum atomic E-state index is -0.661. The zero-order chi connectivity index (χ0) is 20.1. The third-order valence-corrected chi connectivity index (χ3v) is 3.99. The summed E-state index contributed by atoms with van der Waals surface area (Å²) in [6.07, 6.45) is 3.25. The quantitative estimate of drug-likeness (QED) is 0.740. The van der Waals surface area contributed by atoms with Gasteiger partial charge in [0.25, 0.3) is 0 Å². The van der Waals surface area contributed by atoms with Crippen LogP contribution in [0.25, 0.3) is 0 Å². The maximum atomic E-state index is 13.2. The monoisotopic (exact) mass is 366 g/mol. The van der Waals surface area contributed by atoms with Gasteiger partial charge in [0.1, 0.15) is 17.4 Å². The van der Waals surface area contributed by atoms with Crippen LogP contribution in [0.1, 0.15) is 60.8 Å². The van der Waals surface area contributed by atoms with Gasteiger partial charge in [-0.1, -0.05) is 33.8 Å². The number of allylic oxidation sites excluding steroid dienone is 1. The van der Waals surface area contributed by atoms with Gasteiger partial charge in [0.05, 0.1) is 13.2 Å². The molecule has 6 heteroatoms. The Balaban J connectivity index is 2.98. The first-order valence-electron chi connectivity index (χ1n) is 9.27. The molecule has 0 saturated carbocycles. The van der Waals surface area contributed by atoms with Crippen molar-refractivity contribution in [3.8, 4) is 0 Å². The molecule has 0 fully saturated rings. The Morgan fingerprint density at radius 3 is 2.42 bits per heavy atom. The third kappa shape index (κ3) is 6.07. The molecule has 2 amide bonds. The summed E-state index contributed by atoms with van der Waals surface area (Å²) in [6.45, 7) is 15.5. The summed E-state index contributed by atoms with van der Waals surface area (Å²) in [5.41, 5.74) is -0.0314. The first kappa shape index (κ1) is 22.1. The standard InChI is InChI=1S/C20H34N2O4/c1-9-10-15(21-19(24)26-20(5,6)7)18(23)22-14(4)12-17(25-8)16(22)11-13(2)3/h12-13,15-16H,4,9-11H2,1-3,5-8H3,(H,21,24)/t15-,16-/m1/s1. The van der Waals surface area contributed by atoms with Crippen LogP contribution in [0, 0.1) is 5.92 Å². The molecule has 0 unspecified atom stereocenters. The Kier molecular flexibility index (Phi) is 7.72. The van der Waals surface area contributed by atoms with Crippen LogP contribution in [0.2, 0.25) is 0 Å². The molecule has 0 radical (unpaired) electrons. The van der Waals surface area contributed by atoms with Gasteiger partial charge in [-0.3, -0.25) is 4.79 Å². The smallest absolute Gasteiger partial charge is 0.408 e. The van der Waals surface area contributed by atoms with E-state index < -0.39 is 17.7 Å². The number of nitrogens with zero attached hydrogens (tertiary/aromatic N) is 1. The van der Waals surface area contributed by atoms with Crippen LogP contribution in [0.4, 0.5) is 4.79 Å². The first-order chi connectivity index (χ1) is 12.0. The van der Waals surface area contributed by atoms with E-state index in [0.717, 1.165) is 18.6 Å². The summed E-state index contributed by atoms with van der Waals surface area (Å²) < 4.78 is 10.8. The average Bonchev–Trinajstić information content (AvgIpc) is 2.79. The summed E-state index contributed by atoms with van der Waals surface area (Å²) in [5.74, 6) is 0.921. The summed E-state index contributed by atoms with van der Waals surface area (Å²) in [4.78, 5) is 27.0. The summed E-state index contributed by atoms with van der Waals surface area (Å²) in [7, 11) is 1.60. The number of nitrogens with one attached hydrogen (secondary N) is 1. The molecule has 0 aliphatic carbocycles. The highest BCUT2D eigenvalue weighted by Crippen LogP contribution is 2.31. The lowest BCUT2D eigenvalue weighted by Gasteiger charge is -2.32. The molecule has 6 nitrogen and oxygen atoms in total. The number of methoxy groups -OCH3 is 1. The maximum absolute atomic E-state index is 13.2. The molecule has 1 aliphatic heterocycles. The van der Waals surface area contributed by atoms with E-state index in [1.165, 1.54) is 0 Å². The molecular weight excluding hydrogens is 332 g/mol. The lowest BCUT2D eigenvalue weighted by atomic mass is 10.0. The Hall–Kier alpha value is -1.98. The van der Waals surface area contributed by atoms with Crippen molar-refractivity contribution in [1.29, 1.82) is 0 Å². The molecule has 0 saturated heterocycles. The Labute approximate surface area is 157 Å². The van der Waals surface area contributed by atoms with E-state index in [1.807, 2.05) is 6.92 Å². The van der Waals surface area contributed by atoms with Crippen LogP contribution in [-0.2, 0) is 14.3 Å². The second kappa shape index (κ2) is 9.10. The molecule has 0 bridgehead atoms. The fraction of sp³-hybridized carbons (Fsp3) is 0.700. The molecule has 2 atom stereocenters. The lowest BCUT2D eigenvalue weighted by Crippen LogP contribution is -2.51. The predicted molar refractivity (Wildman–Crippen MR) is 102 cm³/mol. The van der Waals surface area contributed by atoms with E-state index in [2.05, 4.69) is 25.7 Å². The Morgan fingerprint density at radius 2 is 1.96 bits per heavy atom. The van der Waals surface area contributed by atoms with Gasteiger partial charge in [-0.2, -0.15) is 0 Å². The molecule has 1 N–H and O–H groups in total. The maximum Gasteiger partial charge on any atom is 0.408 e. The molecule has 0 aromatic heterocycles. The molecule has 0 spiro atoms. The van der Waals surface area contributed by atoms with Crippen LogP contribution in [0.5, 0.6) is 0 Å². The number of carbonyl (C=O) groups excluding carboxylic acids is 2. The van der Waals surface area contributed by atoms with E-state index in [-0.39, 0.29) is 11.9 Å². The number of amides is 2. The fourth-order valence-corrected chi connectivity index (χ4v) is 2.98. The van der Waals surface area contributed by atoms with Crippen molar-refractivity contribution in [3.63, 3.8) is 0 Å². The van der Waals surface area contributed by atoms with Gasteiger partial charge in [0.15, 0.2) is 0 Å². The van der Waals surface area contributed by atoms with Crippen LogP contribution >= 0.6 is 0 Å².